The Kier molecular flexibility index (Phi) is 7.02. The minimum atomic E-state index is -4.61. The number of nitrogens with two attached hydrogens (primary N) is 1. The largest absolute Gasteiger partial charge is 0.473 e. The van der Waals surface area contributed by atoms with Gasteiger partial charge in [-0.15, -0.1) is 0 Å². The predicted octanol–water partition coefficient (Wildman–Crippen LogP) is 2.80. The molecule has 1 aliphatic rings. The third-order valence-corrected chi connectivity index (χ3v) is 5.31. The number of benzene rings is 1. The van der Waals surface area contributed by atoms with Gasteiger partial charge in [-0.2, -0.15) is 0 Å². The fourth-order valence-corrected chi connectivity index (χ4v) is 3.52. The summed E-state index contributed by atoms with van der Waals surface area (Å²) in [5.41, 5.74) is 9.50. The van der Waals surface area contributed by atoms with E-state index in [1.807, 2.05) is 42.5 Å². The molecule has 1 unspecified atom stereocenters. The summed E-state index contributed by atoms with van der Waals surface area (Å²) in [5.74, 6) is 0.973. The molecule has 0 radical (unpaired) electrons. The fraction of sp³-hybridized carbons (Fsp3) is 0.182. The van der Waals surface area contributed by atoms with Crippen LogP contribution in [0.5, 0.6) is 5.88 Å². The number of hydrogen-bond donors (Lipinski definition) is 3. The van der Waals surface area contributed by atoms with Crippen LogP contribution < -0.4 is 10.5 Å². The zero-order valence-electron chi connectivity index (χ0n) is 17.5. The van der Waals surface area contributed by atoms with E-state index in [4.69, 9.17) is 24.8 Å². The third kappa shape index (κ3) is 6.38. The Morgan fingerprint density at radius 1 is 1.15 bits per heavy atom. The Labute approximate surface area is 190 Å². The molecule has 0 aliphatic carbocycles. The number of phosphoric acid groups is 1. The van der Waals surface area contributed by atoms with Crippen LogP contribution in [0.25, 0.3) is 5.57 Å². The number of allylic oxidation sites excluding steroid dienone is 2. The molecule has 3 aromatic rings. The van der Waals surface area contributed by atoms with E-state index in [1.165, 1.54) is 4.90 Å². The minimum Gasteiger partial charge on any atom is -0.473 e. The smallest absolute Gasteiger partial charge is 0.471 e. The van der Waals surface area contributed by atoms with Gasteiger partial charge in [-0.05, 0) is 23.3 Å². The fourth-order valence-electron chi connectivity index (χ4n) is 3.23. The highest BCUT2D eigenvalue weighted by Gasteiger charge is 2.25. The summed E-state index contributed by atoms with van der Waals surface area (Å²) in [7, 11) is -4.61. The molecule has 0 saturated heterocycles. The van der Waals surface area contributed by atoms with Crippen molar-refractivity contribution < 1.29 is 28.1 Å². The first-order valence-electron chi connectivity index (χ1n) is 10.0. The Morgan fingerprint density at radius 2 is 1.97 bits per heavy atom. The summed E-state index contributed by atoms with van der Waals surface area (Å²) in [6.45, 7) is 0.0518. The molecule has 0 bridgehead atoms. The monoisotopic (exact) mass is 470 g/mol. The molecule has 1 atom stereocenters. The lowest BCUT2D eigenvalue weighted by Gasteiger charge is -2.30. The van der Waals surface area contributed by atoms with E-state index >= 15 is 0 Å². The normalized spacial score (nSPS) is 16.0. The molecular weight excluding hydrogens is 447 g/mol. The second kappa shape index (κ2) is 10.1. The van der Waals surface area contributed by atoms with E-state index in [0.29, 0.717) is 35.9 Å². The summed E-state index contributed by atoms with van der Waals surface area (Å²) in [6.07, 6.45) is 6.47. The van der Waals surface area contributed by atoms with Crippen molar-refractivity contribution in [2.75, 3.05) is 6.73 Å². The topological polar surface area (TPSA) is 144 Å². The molecule has 0 amide bonds. The molecular formula is C22H23N4O6P. The van der Waals surface area contributed by atoms with Gasteiger partial charge in [0.05, 0.1) is 5.69 Å². The lowest BCUT2D eigenvalue weighted by atomic mass is 10.1. The Bertz CT molecular complexity index is 1190. The molecule has 1 aromatic carbocycles. The van der Waals surface area contributed by atoms with E-state index in [2.05, 4.69) is 14.7 Å². The molecule has 10 nitrogen and oxygen atoms in total. The minimum absolute atomic E-state index is 0.372. The van der Waals surface area contributed by atoms with Gasteiger partial charge in [0, 0.05) is 36.5 Å². The van der Waals surface area contributed by atoms with Crippen LogP contribution in [0.1, 0.15) is 22.6 Å². The van der Waals surface area contributed by atoms with Gasteiger partial charge >= 0.3 is 7.82 Å². The number of rotatable bonds is 9. The van der Waals surface area contributed by atoms with Crippen molar-refractivity contribution in [2.45, 2.75) is 19.2 Å². The zero-order valence-corrected chi connectivity index (χ0v) is 18.4. The first-order valence-corrected chi connectivity index (χ1v) is 11.6. The Balaban J connectivity index is 1.39. The van der Waals surface area contributed by atoms with Crippen molar-refractivity contribution in [3.8, 4) is 5.88 Å². The number of nitrogens with zero attached hydrogens (tertiary/aromatic N) is 3. The van der Waals surface area contributed by atoms with Crippen LogP contribution in [0.2, 0.25) is 0 Å². The molecule has 4 N–H and O–H groups in total. The van der Waals surface area contributed by atoms with Crippen LogP contribution in [-0.4, -0.2) is 37.7 Å². The Hall–Kier alpha value is -3.27. The summed E-state index contributed by atoms with van der Waals surface area (Å²) in [6, 6.07) is 15.3. The van der Waals surface area contributed by atoms with Gasteiger partial charge in [0.1, 0.15) is 19.5 Å². The average molecular weight is 470 g/mol. The van der Waals surface area contributed by atoms with E-state index in [0.717, 1.165) is 11.1 Å². The summed E-state index contributed by atoms with van der Waals surface area (Å²) in [5, 5.41) is 4.12. The molecule has 11 heteroatoms. The first kappa shape index (κ1) is 22.9. The number of aromatic nitrogens is 2. The number of pyridine rings is 1. The van der Waals surface area contributed by atoms with Gasteiger partial charge in [-0.3, -0.25) is 4.52 Å². The second-order valence-corrected chi connectivity index (χ2v) is 8.55. The molecule has 1 aliphatic heterocycles. The standard InChI is InChI=1S/C22H23N4O6P/c23-22-19(7-4-10-26(22)15-31-33(27,28)29)20-13-18(25-32-20)11-17-8-9-24-21(12-17)30-14-16-5-2-1-3-6-16/h1-10,12-13,22H,11,14-15,23H2,(H2,27,28,29). The van der Waals surface area contributed by atoms with Gasteiger partial charge in [0.25, 0.3) is 0 Å². The van der Waals surface area contributed by atoms with Crippen molar-refractivity contribution >= 4 is 13.4 Å². The quantitative estimate of drug-likeness (QED) is 0.399. The van der Waals surface area contributed by atoms with Crippen molar-refractivity contribution in [1.82, 2.24) is 15.0 Å². The SMILES string of the molecule is NC1C(c2cc(Cc3ccnc(OCc4ccccc4)c3)no2)=CC=CN1COP(=O)(O)O. The van der Waals surface area contributed by atoms with Crippen molar-refractivity contribution in [1.29, 1.82) is 0 Å². The van der Waals surface area contributed by atoms with E-state index < -0.39 is 14.0 Å². The number of ether oxygens (including phenoxy) is 1. The van der Waals surface area contributed by atoms with Crippen molar-refractivity contribution in [3.63, 3.8) is 0 Å². The summed E-state index contributed by atoms with van der Waals surface area (Å²) < 4.78 is 26.8. The maximum atomic E-state index is 11.0. The van der Waals surface area contributed by atoms with Gasteiger partial charge in [-0.1, -0.05) is 41.6 Å². The van der Waals surface area contributed by atoms with Crippen LogP contribution >= 0.6 is 7.82 Å². The van der Waals surface area contributed by atoms with Crippen LogP contribution in [0, 0.1) is 0 Å². The number of hydrogen-bond acceptors (Lipinski definition) is 8. The maximum absolute atomic E-state index is 11.0. The molecule has 0 spiro atoms. The van der Waals surface area contributed by atoms with Crippen LogP contribution in [0.15, 0.2) is 77.6 Å². The maximum Gasteiger partial charge on any atom is 0.471 e. The highest BCUT2D eigenvalue weighted by atomic mass is 31.2. The molecule has 4 rings (SSSR count). The lowest BCUT2D eigenvalue weighted by molar-refractivity contribution is 0.110. The van der Waals surface area contributed by atoms with E-state index in [-0.39, 0.29) is 6.73 Å². The Morgan fingerprint density at radius 3 is 2.76 bits per heavy atom. The zero-order chi connectivity index (χ0) is 23.3. The molecule has 172 valence electrons. The lowest BCUT2D eigenvalue weighted by Crippen LogP contribution is -2.41. The van der Waals surface area contributed by atoms with Crippen LogP contribution in [0.3, 0.4) is 0 Å². The molecule has 2 aromatic heterocycles. The summed E-state index contributed by atoms with van der Waals surface area (Å²) >= 11 is 0. The van der Waals surface area contributed by atoms with E-state index in [1.54, 1.807) is 30.6 Å². The van der Waals surface area contributed by atoms with Gasteiger partial charge in [-0.25, -0.2) is 9.55 Å². The van der Waals surface area contributed by atoms with Gasteiger partial charge in [0.2, 0.25) is 5.88 Å². The highest BCUT2D eigenvalue weighted by molar-refractivity contribution is 7.46. The van der Waals surface area contributed by atoms with E-state index in [9.17, 15) is 4.57 Å². The molecule has 0 fully saturated rings. The van der Waals surface area contributed by atoms with Gasteiger partial charge in [0.15, 0.2) is 5.76 Å². The second-order valence-electron chi connectivity index (χ2n) is 7.31. The predicted molar refractivity (Wildman–Crippen MR) is 119 cm³/mol. The van der Waals surface area contributed by atoms with Crippen LogP contribution in [0.4, 0.5) is 0 Å². The van der Waals surface area contributed by atoms with Crippen molar-refractivity contribution in [3.05, 3.63) is 95.7 Å². The van der Waals surface area contributed by atoms with Crippen molar-refractivity contribution in [2.24, 2.45) is 5.73 Å². The third-order valence-electron chi connectivity index (χ3n) is 4.86. The average Bonchev–Trinajstić information content (AvgIpc) is 3.25. The molecule has 0 saturated carbocycles. The summed E-state index contributed by atoms with van der Waals surface area (Å²) in [4.78, 5) is 23.5. The van der Waals surface area contributed by atoms with Gasteiger partial charge < -0.3 is 29.7 Å². The number of phosphoric ester groups is 1. The highest BCUT2D eigenvalue weighted by Crippen LogP contribution is 2.36. The molecule has 33 heavy (non-hydrogen) atoms. The first-order chi connectivity index (χ1) is 15.9. The molecule has 3 heterocycles. The van der Waals surface area contributed by atoms with Crippen LogP contribution in [-0.2, 0) is 22.1 Å².